The highest BCUT2D eigenvalue weighted by atomic mass is 16.1. The van der Waals surface area contributed by atoms with E-state index in [4.69, 9.17) is 4.98 Å². The van der Waals surface area contributed by atoms with E-state index in [2.05, 4.69) is 31.9 Å². The number of nitrogens with zero attached hydrogens (tertiary/aromatic N) is 5. The molecule has 3 aromatic heterocycles. The van der Waals surface area contributed by atoms with Crippen LogP contribution < -0.4 is 16.2 Å². The number of benzene rings is 1. The zero-order chi connectivity index (χ0) is 23.1. The van der Waals surface area contributed by atoms with Crippen LogP contribution in [0.15, 0.2) is 35.3 Å². The highest BCUT2D eigenvalue weighted by Crippen LogP contribution is 2.33. The molecule has 1 aliphatic carbocycles. The lowest BCUT2D eigenvalue weighted by Crippen LogP contribution is -2.26. The molecular weight excluding hydrogens is 428 g/mol. The molecule has 0 unspecified atom stereocenters. The first-order valence-electron chi connectivity index (χ1n) is 12.0. The molecule has 1 saturated carbocycles. The lowest BCUT2D eigenvalue weighted by Gasteiger charge is -2.21. The first-order chi connectivity index (χ1) is 16.7. The van der Waals surface area contributed by atoms with E-state index >= 15 is 0 Å². The van der Waals surface area contributed by atoms with Crippen LogP contribution in [0.5, 0.6) is 0 Å². The molecule has 6 rings (SSSR count). The number of piperidine rings is 1. The van der Waals surface area contributed by atoms with Crippen molar-refractivity contribution in [2.45, 2.75) is 50.5 Å². The van der Waals surface area contributed by atoms with Crippen LogP contribution in [0.1, 0.15) is 61.7 Å². The first kappa shape index (κ1) is 20.8. The normalized spacial score (nSPS) is 17.4. The minimum Gasteiger partial charge on any atom is -0.324 e. The average Bonchev–Trinajstić information content (AvgIpc) is 3.54. The van der Waals surface area contributed by atoms with Crippen LogP contribution >= 0.6 is 0 Å². The predicted octanol–water partition coefficient (Wildman–Crippen LogP) is 3.87. The summed E-state index contributed by atoms with van der Waals surface area (Å²) in [6.07, 6.45) is 7.87. The Morgan fingerprint density at radius 3 is 2.74 bits per heavy atom. The fourth-order valence-electron chi connectivity index (χ4n) is 5.42. The molecule has 9 nitrogen and oxygen atoms in total. The summed E-state index contributed by atoms with van der Waals surface area (Å²) in [5, 5.41) is 25.7. The van der Waals surface area contributed by atoms with Gasteiger partial charge in [-0.1, -0.05) is 12.8 Å². The molecule has 1 aliphatic heterocycles. The summed E-state index contributed by atoms with van der Waals surface area (Å²) in [5.41, 5.74) is 3.44. The third kappa shape index (κ3) is 3.60. The maximum absolute atomic E-state index is 13.0. The van der Waals surface area contributed by atoms with E-state index in [-0.39, 0.29) is 17.2 Å². The lowest BCUT2D eigenvalue weighted by atomic mass is 9.92. The van der Waals surface area contributed by atoms with Crippen LogP contribution in [0.2, 0.25) is 0 Å². The number of hydrogen-bond donors (Lipinski definition) is 3. The number of nitriles is 1. The second-order valence-electron chi connectivity index (χ2n) is 9.27. The summed E-state index contributed by atoms with van der Waals surface area (Å²) in [6, 6.07) is 9.75. The summed E-state index contributed by atoms with van der Waals surface area (Å²) in [6.45, 7) is 2.04. The van der Waals surface area contributed by atoms with Gasteiger partial charge in [-0.05, 0) is 63.0 Å². The second kappa shape index (κ2) is 8.54. The minimum atomic E-state index is -0.266. The standard InChI is InChI=1S/C25H26N8O/c26-13-16-11-17-14-28-25(30-23(17)33(24(16)34)19-3-1-2-4-19)29-18-5-6-21-20(12-18)22(32-31-21)15-7-9-27-10-8-15/h5-6,11-12,14-15,19,27H,1-4,7-10H2,(H,31,32)(H,28,29,30). The van der Waals surface area contributed by atoms with E-state index in [9.17, 15) is 10.1 Å². The topological polar surface area (TPSA) is 124 Å². The lowest BCUT2D eigenvalue weighted by molar-refractivity contribution is 0.454. The fraction of sp³-hybridized carbons (Fsp3) is 0.400. The smallest absolute Gasteiger partial charge is 0.270 e. The van der Waals surface area contributed by atoms with E-state index in [0.717, 1.165) is 68.2 Å². The van der Waals surface area contributed by atoms with Gasteiger partial charge in [0.2, 0.25) is 5.95 Å². The third-order valence-corrected chi connectivity index (χ3v) is 7.17. The highest BCUT2D eigenvalue weighted by molar-refractivity contribution is 5.86. The second-order valence-corrected chi connectivity index (χ2v) is 9.27. The number of H-pyrrole nitrogens is 1. The van der Waals surface area contributed by atoms with E-state index in [1.54, 1.807) is 16.8 Å². The van der Waals surface area contributed by atoms with Crippen molar-refractivity contribution in [3.8, 4) is 6.07 Å². The number of nitrogens with one attached hydrogen (secondary N) is 3. The Bertz CT molecular complexity index is 1470. The Morgan fingerprint density at radius 1 is 1.12 bits per heavy atom. The SMILES string of the molecule is N#Cc1cc2cnc(Nc3ccc4n[nH]c(C5CCNCC5)c4c3)nc2n(C2CCCC2)c1=O. The van der Waals surface area contributed by atoms with E-state index in [1.165, 1.54) is 5.69 Å². The molecule has 1 aromatic carbocycles. The largest absolute Gasteiger partial charge is 0.324 e. The van der Waals surface area contributed by atoms with Crippen molar-refractivity contribution in [2.75, 3.05) is 18.4 Å². The van der Waals surface area contributed by atoms with Crippen molar-refractivity contribution in [1.82, 2.24) is 30.0 Å². The molecule has 172 valence electrons. The molecule has 0 radical (unpaired) electrons. The number of aromatic amines is 1. The number of rotatable bonds is 4. The van der Waals surface area contributed by atoms with Gasteiger partial charge in [-0.2, -0.15) is 15.3 Å². The van der Waals surface area contributed by atoms with Crippen molar-refractivity contribution >= 4 is 33.6 Å². The van der Waals surface area contributed by atoms with Crippen molar-refractivity contribution in [3.63, 3.8) is 0 Å². The monoisotopic (exact) mass is 454 g/mol. The van der Waals surface area contributed by atoms with Crippen LogP contribution in [-0.4, -0.2) is 37.8 Å². The molecule has 1 saturated heterocycles. The summed E-state index contributed by atoms with van der Waals surface area (Å²) >= 11 is 0. The quantitative estimate of drug-likeness (QED) is 0.428. The molecule has 0 bridgehead atoms. The van der Waals surface area contributed by atoms with Crippen molar-refractivity contribution in [2.24, 2.45) is 0 Å². The number of fused-ring (bicyclic) bond motifs is 2. The number of hydrogen-bond acceptors (Lipinski definition) is 7. The summed E-state index contributed by atoms with van der Waals surface area (Å²) < 4.78 is 1.71. The third-order valence-electron chi connectivity index (χ3n) is 7.17. The zero-order valence-corrected chi connectivity index (χ0v) is 18.8. The van der Waals surface area contributed by atoms with Gasteiger partial charge in [0.25, 0.3) is 5.56 Å². The zero-order valence-electron chi connectivity index (χ0n) is 18.8. The van der Waals surface area contributed by atoms with Gasteiger partial charge in [-0.3, -0.25) is 14.5 Å². The maximum atomic E-state index is 13.0. The molecular formula is C25H26N8O. The molecule has 2 fully saturated rings. The van der Waals surface area contributed by atoms with E-state index < -0.39 is 0 Å². The number of anilines is 2. The number of pyridine rings is 1. The molecule has 0 amide bonds. The van der Waals surface area contributed by atoms with Crippen LogP contribution in [0, 0.1) is 11.3 Å². The van der Waals surface area contributed by atoms with Crippen molar-refractivity contribution < 1.29 is 0 Å². The molecule has 9 heteroatoms. The Balaban J connectivity index is 1.38. The molecule has 4 heterocycles. The highest BCUT2D eigenvalue weighted by Gasteiger charge is 2.23. The molecule has 0 atom stereocenters. The van der Waals surface area contributed by atoms with Gasteiger partial charge in [0, 0.05) is 40.3 Å². The van der Waals surface area contributed by atoms with Crippen LogP contribution in [0.25, 0.3) is 21.9 Å². The first-order valence-corrected chi connectivity index (χ1v) is 12.0. The van der Waals surface area contributed by atoms with Gasteiger partial charge in [-0.25, -0.2) is 4.98 Å². The van der Waals surface area contributed by atoms with Crippen molar-refractivity contribution in [1.29, 1.82) is 5.26 Å². The van der Waals surface area contributed by atoms with Gasteiger partial charge in [0.05, 0.1) is 5.52 Å². The van der Waals surface area contributed by atoms with Gasteiger partial charge >= 0.3 is 0 Å². The van der Waals surface area contributed by atoms with Crippen LogP contribution in [0.3, 0.4) is 0 Å². The van der Waals surface area contributed by atoms with Gasteiger partial charge in [0.1, 0.15) is 17.3 Å². The van der Waals surface area contributed by atoms with Crippen molar-refractivity contribution in [3.05, 3.63) is 52.1 Å². The molecule has 0 spiro atoms. The molecule has 4 aromatic rings. The molecule has 2 aliphatic rings. The van der Waals surface area contributed by atoms with Gasteiger partial charge in [0.15, 0.2) is 0 Å². The average molecular weight is 455 g/mol. The Hall–Kier alpha value is -3.77. The van der Waals surface area contributed by atoms with Gasteiger partial charge in [-0.15, -0.1) is 0 Å². The van der Waals surface area contributed by atoms with Gasteiger partial charge < -0.3 is 10.6 Å². The van der Waals surface area contributed by atoms with E-state index in [1.807, 2.05) is 18.2 Å². The fourth-order valence-corrected chi connectivity index (χ4v) is 5.42. The Labute approximate surface area is 196 Å². The summed E-state index contributed by atoms with van der Waals surface area (Å²) in [7, 11) is 0. The Morgan fingerprint density at radius 2 is 1.94 bits per heavy atom. The maximum Gasteiger partial charge on any atom is 0.270 e. The van der Waals surface area contributed by atoms with Crippen LogP contribution in [0.4, 0.5) is 11.6 Å². The Kier molecular flexibility index (Phi) is 5.23. The molecule has 3 N–H and O–H groups in total. The van der Waals surface area contributed by atoms with E-state index in [0.29, 0.717) is 22.9 Å². The summed E-state index contributed by atoms with van der Waals surface area (Å²) in [4.78, 5) is 22.2. The number of aromatic nitrogens is 5. The van der Waals surface area contributed by atoms with Crippen LogP contribution in [-0.2, 0) is 0 Å². The predicted molar refractivity (Wildman–Crippen MR) is 130 cm³/mol. The molecule has 34 heavy (non-hydrogen) atoms. The summed E-state index contributed by atoms with van der Waals surface area (Å²) in [5.74, 6) is 0.892. The minimum absolute atomic E-state index is 0.0703.